The van der Waals surface area contributed by atoms with Crippen LogP contribution in [0.15, 0.2) is 47.4 Å². The number of halogens is 1. The van der Waals surface area contributed by atoms with Gasteiger partial charge in [-0.15, -0.1) is 0 Å². The standard InChI is InChI=1S/C19H21FN2O3S/c1-3-25-15-5-7-16(8-6-15)26(23,24)21-11-10-17-13(2)22-19-9-4-14(20)12-18(17)19/h4-9,12,21-22H,3,10-11H2,1-2H3. The first-order valence-corrected chi connectivity index (χ1v) is 9.88. The molecule has 0 fully saturated rings. The Kier molecular flexibility index (Phi) is 5.29. The van der Waals surface area contributed by atoms with Crippen LogP contribution in [0, 0.1) is 12.7 Å². The molecule has 0 radical (unpaired) electrons. The van der Waals surface area contributed by atoms with Crippen molar-refractivity contribution in [3.05, 3.63) is 59.5 Å². The Labute approximate surface area is 152 Å². The summed E-state index contributed by atoms with van der Waals surface area (Å²) in [4.78, 5) is 3.38. The largest absolute Gasteiger partial charge is 0.494 e. The van der Waals surface area contributed by atoms with E-state index in [4.69, 9.17) is 4.74 Å². The number of aryl methyl sites for hydroxylation is 1. The predicted molar refractivity (Wildman–Crippen MR) is 99.5 cm³/mol. The van der Waals surface area contributed by atoms with Crippen molar-refractivity contribution in [2.24, 2.45) is 0 Å². The summed E-state index contributed by atoms with van der Waals surface area (Å²) in [6, 6.07) is 10.8. The van der Waals surface area contributed by atoms with Gasteiger partial charge < -0.3 is 9.72 Å². The van der Waals surface area contributed by atoms with E-state index in [0.717, 1.165) is 22.2 Å². The Morgan fingerprint density at radius 1 is 1.15 bits per heavy atom. The molecule has 0 saturated carbocycles. The predicted octanol–water partition coefficient (Wildman–Crippen LogP) is 3.54. The van der Waals surface area contributed by atoms with Crippen LogP contribution in [0.5, 0.6) is 5.75 Å². The molecule has 1 aromatic heterocycles. The number of hydrogen-bond donors (Lipinski definition) is 2. The Morgan fingerprint density at radius 3 is 2.58 bits per heavy atom. The second kappa shape index (κ2) is 7.47. The van der Waals surface area contributed by atoms with Crippen LogP contribution in [0.3, 0.4) is 0 Å². The maximum absolute atomic E-state index is 13.5. The molecule has 0 bridgehead atoms. The maximum atomic E-state index is 13.5. The molecule has 0 spiro atoms. The molecule has 0 aliphatic heterocycles. The average Bonchev–Trinajstić information content (AvgIpc) is 2.91. The van der Waals surface area contributed by atoms with Crippen molar-refractivity contribution in [2.45, 2.75) is 25.2 Å². The normalized spacial score (nSPS) is 11.8. The van der Waals surface area contributed by atoms with E-state index in [2.05, 4.69) is 9.71 Å². The van der Waals surface area contributed by atoms with Crippen LogP contribution in [0.4, 0.5) is 4.39 Å². The minimum atomic E-state index is -3.61. The van der Waals surface area contributed by atoms with Crippen molar-refractivity contribution < 1.29 is 17.5 Å². The number of aromatic nitrogens is 1. The third-order valence-electron chi connectivity index (χ3n) is 4.19. The molecule has 2 N–H and O–H groups in total. The van der Waals surface area contributed by atoms with E-state index in [1.807, 2.05) is 13.8 Å². The van der Waals surface area contributed by atoms with Crippen molar-refractivity contribution in [1.29, 1.82) is 0 Å². The van der Waals surface area contributed by atoms with Gasteiger partial charge in [0.1, 0.15) is 11.6 Å². The number of fused-ring (bicyclic) bond motifs is 1. The fraction of sp³-hybridized carbons (Fsp3) is 0.263. The fourth-order valence-electron chi connectivity index (χ4n) is 2.95. The van der Waals surface area contributed by atoms with Gasteiger partial charge in [0.25, 0.3) is 0 Å². The molecule has 26 heavy (non-hydrogen) atoms. The Hall–Kier alpha value is -2.38. The first-order chi connectivity index (χ1) is 12.4. The highest BCUT2D eigenvalue weighted by Gasteiger charge is 2.15. The summed E-state index contributed by atoms with van der Waals surface area (Å²) in [6.45, 7) is 4.51. The van der Waals surface area contributed by atoms with Gasteiger partial charge in [0.15, 0.2) is 0 Å². The lowest BCUT2D eigenvalue weighted by molar-refractivity contribution is 0.340. The number of rotatable bonds is 7. The Balaban J connectivity index is 1.71. The van der Waals surface area contributed by atoms with E-state index in [1.165, 1.54) is 24.3 Å². The van der Waals surface area contributed by atoms with Crippen LogP contribution in [0.25, 0.3) is 10.9 Å². The molecule has 7 heteroatoms. The monoisotopic (exact) mass is 376 g/mol. The lowest BCUT2D eigenvalue weighted by atomic mass is 10.1. The second-order valence-corrected chi connectivity index (χ2v) is 7.74. The first-order valence-electron chi connectivity index (χ1n) is 8.40. The molecule has 3 rings (SSSR count). The van der Waals surface area contributed by atoms with E-state index < -0.39 is 10.0 Å². The molecule has 5 nitrogen and oxygen atoms in total. The fourth-order valence-corrected chi connectivity index (χ4v) is 3.98. The summed E-state index contributed by atoms with van der Waals surface area (Å²) in [5, 5.41) is 0.780. The number of aromatic amines is 1. The van der Waals surface area contributed by atoms with Gasteiger partial charge in [-0.2, -0.15) is 0 Å². The van der Waals surface area contributed by atoms with Crippen LogP contribution >= 0.6 is 0 Å². The van der Waals surface area contributed by atoms with E-state index in [0.29, 0.717) is 18.8 Å². The second-order valence-electron chi connectivity index (χ2n) is 5.97. The van der Waals surface area contributed by atoms with Gasteiger partial charge in [-0.05, 0) is 68.3 Å². The smallest absolute Gasteiger partial charge is 0.240 e. The van der Waals surface area contributed by atoms with E-state index in [1.54, 1.807) is 18.2 Å². The van der Waals surface area contributed by atoms with E-state index >= 15 is 0 Å². The molecule has 1 heterocycles. The van der Waals surface area contributed by atoms with Crippen molar-refractivity contribution >= 4 is 20.9 Å². The zero-order valence-corrected chi connectivity index (χ0v) is 15.5. The maximum Gasteiger partial charge on any atom is 0.240 e. The van der Waals surface area contributed by atoms with Gasteiger partial charge in [-0.1, -0.05) is 0 Å². The topological polar surface area (TPSA) is 71.2 Å². The highest BCUT2D eigenvalue weighted by molar-refractivity contribution is 7.89. The lowest BCUT2D eigenvalue weighted by Crippen LogP contribution is -2.26. The van der Waals surface area contributed by atoms with Gasteiger partial charge >= 0.3 is 0 Å². The summed E-state index contributed by atoms with van der Waals surface area (Å²) in [5.74, 6) is 0.315. The Bertz CT molecular complexity index is 1010. The lowest BCUT2D eigenvalue weighted by Gasteiger charge is -2.08. The minimum Gasteiger partial charge on any atom is -0.494 e. The zero-order chi connectivity index (χ0) is 18.7. The summed E-state index contributed by atoms with van der Waals surface area (Å²) in [7, 11) is -3.61. The van der Waals surface area contributed by atoms with Crippen LogP contribution in [-0.2, 0) is 16.4 Å². The number of sulfonamides is 1. The highest BCUT2D eigenvalue weighted by atomic mass is 32.2. The van der Waals surface area contributed by atoms with Crippen molar-refractivity contribution in [1.82, 2.24) is 9.71 Å². The zero-order valence-electron chi connectivity index (χ0n) is 14.7. The molecule has 138 valence electrons. The van der Waals surface area contributed by atoms with Gasteiger partial charge in [-0.3, -0.25) is 0 Å². The highest BCUT2D eigenvalue weighted by Crippen LogP contribution is 2.23. The number of H-pyrrole nitrogens is 1. The molecular formula is C19H21FN2O3S. The third-order valence-corrected chi connectivity index (χ3v) is 5.67. The molecule has 0 aliphatic carbocycles. The van der Waals surface area contributed by atoms with Gasteiger partial charge in [0.2, 0.25) is 10.0 Å². The molecule has 2 aromatic carbocycles. The summed E-state index contributed by atoms with van der Waals surface area (Å²) in [5.41, 5.74) is 2.66. The average molecular weight is 376 g/mol. The van der Waals surface area contributed by atoms with Gasteiger partial charge in [0, 0.05) is 23.1 Å². The Morgan fingerprint density at radius 2 is 1.88 bits per heavy atom. The van der Waals surface area contributed by atoms with Crippen LogP contribution in [0.1, 0.15) is 18.2 Å². The molecule has 0 aliphatic rings. The van der Waals surface area contributed by atoms with Crippen molar-refractivity contribution in [2.75, 3.05) is 13.2 Å². The van der Waals surface area contributed by atoms with Gasteiger partial charge in [-0.25, -0.2) is 17.5 Å². The van der Waals surface area contributed by atoms with Crippen LogP contribution < -0.4 is 9.46 Å². The molecular weight excluding hydrogens is 355 g/mol. The molecule has 0 saturated heterocycles. The first kappa shape index (κ1) is 18.4. The van der Waals surface area contributed by atoms with E-state index in [9.17, 15) is 12.8 Å². The van der Waals surface area contributed by atoms with Crippen LogP contribution in [-0.4, -0.2) is 26.6 Å². The summed E-state index contributed by atoms with van der Waals surface area (Å²) in [6.07, 6.45) is 0.464. The van der Waals surface area contributed by atoms with Gasteiger partial charge in [0.05, 0.1) is 11.5 Å². The van der Waals surface area contributed by atoms with Crippen molar-refractivity contribution in [3.8, 4) is 5.75 Å². The third kappa shape index (κ3) is 3.89. The molecule has 0 unspecified atom stereocenters. The van der Waals surface area contributed by atoms with Crippen molar-refractivity contribution in [3.63, 3.8) is 0 Å². The minimum absolute atomic E-state index is 0.183. The summed E-state index contributed by atoms with van der Waals surface area (Å²) >= 11 is 0. The number of ether oxygens (including phenoxy) is 1. The SMILES string of the molecule is CCOc1ccc(S(=O)(=O)NCCc2c(C)[nH]c3ccc(F)cc23)cc1. The molecule has 3 aromatic rings. The number of benzene rings is 2. The molecule has 0 amide bonds. The molecule has 0 atom stereocenters. The summed E-state index contributed by atoms with van der Waals surface area (Å²) < 4.78 is 46.2. The van der Waals surface area contributed by atoms with E-state index in [-0.39, 0.29) is 17.3 Å². The van der Waals surface area contributed by atoms with Crippen LogP contribution in [0.2, 0.25) is 0 Å². The quantitative estimate of drug-likeness (QED) is 0.663. The number of nitrogens with one attached hydrogen (secondary N) is 2. The number of hydrogen-bond acceptors (Lipinski definition) is 3.